The Morgan fingerprint density at radius 1 is 1.17 bits per heavy atom. The molecule has 9 heteroatoms. The number of Topliss-reactive ketones (excluding diaryl/α,β-unsaturated/α-hetero) is 1. The van der Waals surface area contributed by atoms with E-state index in [0.717, 1.165) is 0 Å². The quantitative estimate of drug-likeness (QED) is 0.140. The van der Waals surface area contributed by atoms with Crippen LogP contribution < -0.4 is 5.32 Å². The molecule has 0 spiro atoms. The first-order valence-electron chi connectivity index (χ1n) is 6.21. The SMILES string of the molecule is CC(C)(CO)NC=C(C(=O)O)C(=O)c1cc(F)c(F)c(F)c1F. The fourth-order valence-corrected chi connectivity index (χ4v) is 1.42. The van der Waals surface area contributed by atoms with Crippen molar-refractivity contribution in [2.45, 2.75) is 19.4 Å². The van der Waals surface area contributed by atoms with Crippen molar-refractivity contribution in [1.29, 1.82) is 0 Å². The number of benzene rings is 1. The fraction of sp³-hybridized carbons (Fsp3) is 0.286. The highest BCUT2D eigenvalue weighted by Gasteiger charge is 2.28. The van der Waals surface area contributed by atoms with E-state index in [4.69, 9.17) is 10.2 Å². The Morgan fingerprint density at radius 3 is 2.22 bits per heavy atom. The zero-order chi connectivity index (χ0) is 17.9. The summed E-state index contributed by atoms with van der Waals surface area (Å²) in [6.07, 6.45) is 0.666. The van der Waals surface area contributed by atoms with Crippen molar-refractivity contribution in [3.8, 4) is 0 Å². The summed E-state index contributed by atoms with van der Waals surface area (Å²) in [7, 11) is 0. The van der Waals surface area contributed by atoms with Crippen LogP contribution in [0, 0.1) is 23.3 Å². The van der Waals surface area contributed by atoms with Gasteiger partial charge in [0.15, 0.2) is 23.3 Å². The first-order chi connectivity index (χ1) is 10.5. The van der Waals surface area contributed by atoms with Gasteiger partial charge in [-0.2, -0.15) is 0 Å². The summed E-state index contributed by atoms with van der Waals surface area (Å²) in [6, 6.07) is 0.0735. The molecule has 0 atom stereocenters. The van der Waals surface area contributed by atoms with E-state index in [1.165, 1.54) is 13.8 Å². The Kier molecular flexibility index (Phi) is 5.49. The highest BCUT2D eigenvalue weighted by molar-refractivity contribution is 6.23. The number of hydrogen-bond acceptors (Lipinski definition) is 4. The number of carbonyl (C=O) groups excluding carboxylic acids is 1. The van der Waals surface area contributed by atoms with E-state index in [1.807, 2.05) is 0 Å². The number of carbonyl (C=O) groups is 2. The zero-order valence-corrected chi connectivity index (χ0v) is 12.1. The van der Waals surface area contributed by atoms with E-state index in [9.17, 15) is 27.2 Å². The molecule has 0 saturated heterocycles. The van der Waals surface area contributed by atoms with Crippen LogP contribution in [-0.4, -0.2) is 34.1 Å². The number of rotatable bonds is 6. The van der Waals surface area contributed by atoms with Gasteiger partial charge in [0.25, 0.3) is 0 Å². The molecule has 1 aromatic rings. The Labute approximate surface area is 128 Å². The molecule has 0 fully saturated rings. The van der Waals surface area contributed by atoms with Crippen molar-refractivity contribution in [3.63, 3.8) is 0 Å². The molecule has 0 aliphatic carbocycles. The van der Waals surface area contributed by atoms with Crippen molar-refractivity contribution < 1.29 is 37.4 Å². The largest absolute Gasteiger partial charge is 0.477 e. The van der Waals surface area contributed by atoms with Crippen LogP contribution in [0.4, 0.5) is 17.6 Å². The van der Waals surface area contributed by atoms with Gasteiger partial charge in [0.05, 0.1) is 17.7 Å². The van der Waals surface area contributed by atoms with Gasteiger partial charge in [0, 0.05) is 6.20 Å². The average molecular weight is 335 g/mol. The molecular weight excluding hydrogens is 322 g/mol. The third-order valence-electron chi connectivity index (χ3n) is 2.82. The minimum absolute atomic E-state index is 0.0735. The smallest absolute Gasteiger partial charge is 0.341 e. The maximum atomic E-state index is 13.6. The predicted molar refractivity (Wildman–Crippen MR) is 70.6 cm³/mol. The molecule has 0 amide bonds. The van der Waals surface area contributed by atoms with Gasteiger partial charge in [-0.3, -0.25) is 4.79 Å². The second-order valence-corrected chi connectivity index (χ2v) is 5.23. The Morgan fingerprint density at radius 2 is 1.74 bits per heavy atom. The lowest BCUT2D eigenvalue weighted by Crippen LogP contribution is -2.40. The van der Waals surface area contributed by atoms with Crippen molar-refractivity contribution >= 4 is 11.8 Å². The third kappa shape index (κ3) is 4.07. The zero-order valence-electron chi connectivity index (χ0n) is 12.1. The summed E-state index contributed by atoms with van der Waals surface area (Å²) >= 11 is 0. The summed E-state index contributed by atoms with van der Waals surface area (Å²) < 4.78 is 52.7. The summed E-state index contributed by atoms with van der Waals surface area (Å²) in [5, 5.41) is 20.4. The number of nitrogens with one attached hydrogen (secondary N) is 1. The summed E-state index contributed by atoms with van der Waals surface area (Å²) in [4.78, 5) is 23.1. The molecule has 23 heavy (non-hydrogen) atoms. The van der Waals surface area contributed by atoms with Crippen molar-refractivity contribution in [2.24, 2.45) is 0 Å². The van der Waals surface area contributed by atoms with E-state index >= 15 is 0 Å². The van der Waals surface area contributed by atoms with E-state index in [0.29, 0.717) is 6.20 Å². The molecule has 5 nitrogen and oxygen atoms in total. The van der Waals surface area contributed by atoms with Gasteiger partial charge in [0.2, 0.25) is 5.78 Å². The summed E-state index contributed by atoms with van der Waals surface area (Å²) in [5.74, 6) is -11.5. The molecule has 126 valence electrons. The number of aliphatic hydroxyl groups excluding tert-OH is 1. The first-order valence-corrected chi connectivity index (χ1v) is 6.21. The molecule has 0 unspecified atom stereocenters. The van der Waals surface area contributed by atoms with E-state index in [1.54, 1.807) is 0 Å². The second kappa shape index (κ2) is 6.78. The molecule has 1 rings (SSSR count). The highest BCUT2D eigenvalue weighted by Crippen LogP contribution is 2.21. The standard InChI is InChI=1S/C14H13F4NO4/c1-14(2,5-20)19-4-7(13(22)23)12(21)6-3-8(15)10(17)11(18)9(6)16/h3-4,19-20H,5H2,1-2H3,(H,22,23). The second-order valence-electron chi connectivity index (χ2n) is 5.23. The molecule has 3 N–H and O–H groups in total. The van der Waals surface area contributed by atoms with Crippen molar-refractivity contribution in [2.75, 3.05) is 6.61 Å². The average Bonchev–Trinajstić information content (AvgIpc) is 2.48. The highest BCUT2D eigenvalue weighted by atomic mass is 19.2. The number of aliphatic carboxylic acids is 1. The van der Waals surface area contributed by atoms with Gasteiger partial charge in [-0.1, -0.05) is 0 Å². The maximum absolute atomic E-state index is 13.6. The van der Waals surface area contributed by atoms with Gasteiger partial charge in [-0.05, 0) is 19.9 Å². The molecule has 0 aromatic heterocycles. The summed E-state index contributed by atoms with van der Waals surface area (Å²) in [5.41, 5.74) is -3.33. The van der Waals surface area contributed by atoms with Gasteiger partial charge in [0.1, 0.15) is 5.57 Å². The van der Waals surface area contributed by atoms with E-state index < -0.39 is 58.3 Å². The van der Waals surface area contributed by atoms with Gasteiger partial charge in [-0.25, -0.2) is 22.4 Å². The Bertz CT molecular complexity index is 686. The molecule has 1 aromatic carbocycles. The number of halogens is 4. The molecular formula is C14H13F4NO4. The van der Waals surface area contributed by atoms with Gasteiger partial charge in [-0.15, -0.1) is 0 Å². The normalized spacial score (nSPS) is 12.2. The van der Waals surface area contributed by atoms with Crippen LogP contribution in [-0.2, 0) is 4.79 Å². The van der Waals surface area contributed by atoms with E-state index in [2.05, 4.69) is 5.32 Å². The minimum atomic E-state index is -2.22. The molecule has 0 aliphatic rings. The molecule has 0 heterocycles. The number of carboxylic acid groups (broad SMARTS) is 1. The monoisotopic (exact) mass is 335 g/mol. The van der Waals surface area contributed by atoms with Gasteiger partial charge < -0.3 is 15.5 Å². The van der Waals surface area contributed by atoms with Crippen LogP contribution in [0.1, 0.15) is 24.2 Å². The predicted octanol–water partition coefficient (Wildman–Crippen LogP) is 1.75. The number of aliphatic hydroxyl groups is 1. The Balaban J connectivity index is 3.34. The molecule has 0 bridgehead atoms. The Hall–Kier alpha value is -2.42. The van der Waals surface area contributed by atoms with Crippen LogP contribution >= 0.6 is 0 Å². The molecule has 0 saturated carbocycles. The van der Waals surface area contributed by atoms with Gasteiger partial charge >= 0.3 is 5.97 Å². The van der Waals surface area contributed by atoms with Crippen LogP contribution in [0.2, 0.25) is 0 Å². The van der Waals surface area contributed by atoms with Crippen molar-refractivity contribution in [1.82, 2.24) is 5.32 Å². The number of carboxylic acids is 1. The molecule has 0 radical (unpaired) electrons. The lowest BCUT2D eigenvalue weighted by molar-refractivity contribution is -0.132. The van der Waals surface area contributed by atoms with Crippen LogP contribution in [0.25, 0.3) is 0 Å². The number of hydrogen-bond donors (Lipinski definition) is 3. The van der Waals surface area contributed by atoms with Crippen LogP contribution in [0.15, 0.2) is 17.8 Å². The van der Waals surface area contributed by atoms with Crippen LogP contribution in [0.3, 0.4) is 0 Å². The lowest BCUT2D eigenvalue weighted by Gasteiger charge is -2.22. The number of ketones is 1. The first kappa shape index (κ1) is 18.6. The van der Waals surface area contributed by atoms with E-state index in [-0.39, 0.29) is 6.07 Å². The maximum Gasteiger partial charge on any atom is 0.341 e. The van der Waals surface area contributed by atoms with Crippen molar-refractivity contribution in [3.05, 3.63) is 46.7 Å². The fourth-order valence-electron chi connectivity index (χ4n) is 1.42. The lowest BCUT2D eigenvalue weighted by atomic mass is 10.0. The summed E-state index contributed by atoms with van der Waals surface area (Å²) in [6.45, 7) is 2.50. The van der Waals surface area contributed by atoms with Crippen LogP contribution in [0.5, 0.6) is 0 Å². The minimum Gasteiger partial charge on any atom is -0.477 e. The third-order valence-corrected chi connectivity index (χ3v) is 2.82. The topological polar surface area (TPSA) is 86.6 Å². The molecule has 0 aliphatic heterocycles.